The molecule has 0 spiro atoms. The fourth-order valence-corrected chi connectivity index (χ4v) is 5.04. The molecule has 0 aromatic heterocycles. The average molecular weight is 350 g/mol. The van der Waals surface area contributed by atoms with E-state index in [1.54, 1.807) is 24.3 Å². The molecule has 0 radical (unpaired) electrons. The van der Waals surface area contributed by atoms with E-state index >= 15 is 0 Å². The van der Waals surface area contributed by atoms with E-state index in [-0.39, 0.29) is 36.1 Å². The molecule has 130 valence electrons. The molecule has 2 aliphatic heterocycles. The number of hydrogen-bond acceptors (Lipinski definition) is 4. The number of fused-ring (bicyclic) bond motifs is 1. The zero-order valence-electron chi connectivity index (χ0n) is 13.5. The van der Waals surface area contributed by atoms with Gasteiger partial charge >= 0.3 is 0 Å². The van der Waals surface area contributed by atoms with Crippen LogP contribution < -0.4 is 10.6 Å². The van der Waals surface area contributed by atoms with Crippen molar-refractivity contribution in [3.8, 4) is 0 Å². The summed E-state index contributed by atoms with van der Waals surface area (Å²) in [6.45, 7) is 0. The summed E-state index contributed by atoms with van der Waals surface area (Å²) >= 11 is 0. The van der Waals surface area contributed by atoms with Gasteiger partial charge in [-0.3, -0.25) is 9.59 Å². The van der Waals surface area contributed by atoms with Gasteiger partial charge in [0.15, 0.2) is 9.84 Å². The lowest BCUT2D eigenvalue weighted by molar-refractivity contribution is -0.123. The molecule has 6 nitrogen and oxygen atoms in total. The lowest BCUT2D eigenvalue weighted by atomic mass is 10.0. The quantitative estimate of drug-likeness (QED) is 0.863. The van der Waals surface area contributed by atoms with Crippen molar-refractivity contribution in [2.24, 2.45) is 0 Å². The predicted molar refractivity (Wildman–Crippen MR) is 89.0 cm³/mol. The Morgan fingerprint density at radius 1 is 1.21 bits per heavy atom. The number of nitrogens with one attached hydrogen (secondary N) is 2. The van der Waals surface area contributed by atoms with E-state index in [4.69, 9.17) is 0 Å². The van der Waals surface area contributed by atoms with Gasteiger partial charge in [0.25, 0.3) is 0 Å². The van der Waals surface area contributed by atoms with Crippen LogP contribution in [0.4, 0.5) is 0 Å². The fraction of sp³-hybridized carbons (Fsp3) is 0.529. The van der Waals surface area contributed by atoms with Crippen LogP contribution in [0.5, 0.6) is 0 Å². The first-order chi connectivity index (χ1) is 11.5. The highest BCUT2D eigenvalue weighted by molar-refractivity contribution is 7.91. The van der Waals surface area contributed by atoms with Gasteiger partial charge in [-0.2, -0.15) is 0 Å². The lowest BCUT2D eigenvalue weighted by Gasteiger charge is -2.27. The summed E-state index contributed by atoms with van der Waals surface area (Å²) < 4.78 is 24.3. The highest BCUT2D eigenvalue weighted by Gasteiger charge is 2.31. The number of rotatable bonds is 3. The van der Waals surface area contributed by atoms with E-state index in [9.17, 15) is 18.0 Å². The summed E-state index contributed by atoms with van der Waals surface area (Å²) in [5, 5.41) is 5.82. The molecule has 7 heteroatoms. The van der Waals surface area contributed by atoms with Crippen LogP contribution in [-0.2, 0) is 19.4 Å². The molecule has 2 amide bonds. The predicted octanol–water partition coefficient (Wildman–Crippen LogP) is 1.47. The molecule has 0 bridgehead atoms. The van der Waals surface area contributed by atoms with Crippen molar-refractivity contribution in [3.05, 3.63) is 29.8 Å². The van der Waals surface area contributed by atoms with Gasteiger partial charge in [-0.15, -0.1) is 0 Å². The van der Waals surface area contributed by atoms with Crippen LogP contribution in [0.1, 0.15) is 50.1 Å². The van der Waals surface area contributed by atoms with Crippen molar-refractivity contribution < 1.29 is 18.0 Å². The number of benzene rings is 1. The largest absolute Gasteiger partial charge is 0.353 e. The maximum absolute atomic E-state index is 12.4. The second kappa shape index (κ2) is 6.93. The smallest absolute Gasteiger partial charge is 0.222 e. The molecule has 3 rings (SSSR count). The van der Waals surface area contributed by atoms with Crippen molar-refractivity contribution in [2.45, 2.75) is 55.5 Å². The average Bonchev–Trinajstić information content (AvgIpc) is 2.74. The van der Waals surface area contributed by atoms with Gasteiger partial charge in [-0.25, -0.2) is 8.42 Å². The van der Waals surface area contributed by atoms with Gasteiger partial charge in [0.05, 0.1) is 16.7 Å². The zero-order valence-corrected chi connectivity index (χ0v) is 14.3. The normalized spacial score (nSPS) is 25.9. The maximum atomic E-state index is 12.4. The molecule has 0 saturated carbocycles. The van der Waals surface area contributed by atoms with Gasteiger partial charge in [0.2, 0.25) is 11.8 Å². The third kappa shape index (κ3) is 3.77. The molecule has 0 aliphatic carbocycles. The Morgan fingerprint density at radius 3 is 2.83 bits per heavy atom. The van der Waals surface area contributed by atoms with Crippen LogP contribution in [-0.4, -0.2) is 32.0 Å². The molecule has 2 unspecified atom stereocenters. The first-order valence-electron chi connectivity index (χ1n) is 8.36. The number of carbonyl (C=O) groups is 2. The standard InChI is InChI=1S/C17H22N2O4S/c20-16-8-4-1-5-12(18-16)11-17(21)19-14-9-10-24(22,23)15-7-3-2-6-13(14)15/h2-3,6-7,12,14H,1,4-5,8-11H2,(H,18,20)(H,19,21). The number of sulfone groups is 1. The molecule has 1 fully saturated rings. The van der Waals surface area contributed by atoms with Crippen LogP contribution in [0, 0.1) is 0 Å². The molecule has 2 heterocycles. The second-order valence-corrected chi connectivity index (χ2v) is 8.56. The SMILES string of the molecule is O=C1CCCCC(CC(=O)NC2CCS(=O)(=O)c3ccccc32)N1. The third-order valence-corrected chi connectivity index (χ3v) is 6.46. The van der Waals surface area contributed by atoms with E-state index in [1.807, 2.05) is 0 Å². The monoisotopic (exact) mass is 350 g/mol. The number of carbonyl (C=O) groups excluding carboxylic acids is 2. The van der Waals surface area contributed by atoms with Crippen LogP contribution in [0.25, 0.3) is 0 Å². The van der Waals surface area contributed by atoms with Gasteiger partial charge in [-0.1, -0.05) is 24.6 Å². The van der Waals surface area contributed by atoms with Crippen molar-refractivity contribution in [1.82, 2.24) is 10.6 Å². The van der Waals surface area contributed by atoms with E-state index in [2.05, 4.69) is 10.6 Å². The summed E-state index contributed by atoms with van der Waals surface area (Å²) in [6.07, 6.45) is 3.72. The summed E-state index contributed by atoms with van der Waals surface area (Å²) in [7, 11) is -3.26. The molecule has 1 saturated heterocycles. The first-order valence-corrected chi connectivity index (χ1v) is 10.0. The van der Waals surface area contributed by atoms with Crippen LogP contribution >= 0.6 is 0 Å². The molecule has 2 N–H and O–H groups in total. The highest BCUT2D eigenvalue weighted by Crippen LogP contribution is 2.31. The Bertz CT molecular complexity index is 745. The van der Waals surface area contributed by atoms with Crippen molar-refractivity contribution >= 4 is 21.7 Å². The van der Waals surface area contributed by atoms with Crippen molar-refractivity contribution in [3.63, 3.8) is 0 Å². The molecule has 1 aromatic rings. The Kier molecular flexibility index (Phi) is 4.89. The summed E-state index contributed by atoms with van der Waals surface area (Å²) in [5.41, 5.74) is 0.655. The minimum Gasteiger partial charge on any atom is -0.353 e. The molecular formula is C17H22N2O4S. The topological polar surface area (TPSA) is 92.3 Å². The Hall–Kier alpha value is -1.89. The Balaban J connectivity index is 1.68. The van der Waals surface area contributed by atoms with Crippen LogP contribution in [0.2, 0.25) is 0 Å². The lowest BCUT2D eigenvalue weighted by Crippen LogP contribution is -2.40. The van der Waals surface area contributed by atoms with E-state index < -0.39 is 9.84 Å². The van der Waals surface area contributed by atoms with Gasteiger partial charge in [-0.05, 0) is 30.9 Å². The van der Waals surface area contributed by atoms with Gasteiger partial charge < -0.3 is 10.6 Å². The van der Waals surface area contributed by atoms with Gasteiger partial charge in [0, 0.05) is 18.9 Å². The summed E-state index contributed by atoms with van der Waals surface area (Å²) in [6, 6.07) is 6.39. The van der Waals surface area contributed by atoms with Crippen molar-refractivity contribution in [1.29, 1.82) is 0 Å². The second-order valence-electron chi connectivity index (χ2n) is 6.48. The molecule has 2 atom stereocenters. The molecule has 24 heavy (non-hydrogen) atoms. The molecule has 1 aromatic carbocycles. The van der Waals surface area contributed by atoms with Crippen LogP contribution in [0.3, 0.4) is 0 Å². The summed E-state index contributed by atoms with van der Waals surface area (Å²) in [4.78, 5) is 24.3. The zero-order chi connectivity index (χ0) is 17.2. The third-order valence-electron chi connectivity index (χ3n) is 4.64. The highest BCUT2D eigenvalue weighted by atomic mass is 32.2. The fourth-order valence-electron chi connectivity index (χ4n) is 3.42. The van der Waals surface area contributed by atoms with E-state index in [1.165, 1.54) is 0 Å². The number of amides is 2. The minimum absolute atomic E-state index is 0.000551. The van der Waals surface area contributed by atoms with E-state index in [0.717, 1.165) is 19.3 Å². The number of hydrogen-bond donors (Lipinski definition) is 2. The molecular weight excluding hydrogens is 328 g/mol. The van der Waals surface area contributed by atoms with Gasteiger partial charge in [0.1, 0.15) is 0 Å². The Morgan fingerprint density at radius 2 is 2.00 bits per heavy atom. The van der Waals surface area contributed by atoms with Crippen LogP contribution in [0.15, 0.2) is 29.2 Å². The molecule has 2 aliphatic rings. The minimum atomic E-state index is -3.26. The Labute approximate surface area is 141 Å². The maximum Gasteiger partial charge on any atom is 0.222 e. The summed E-state index contributed by atoms with van der Waals surface area (Å²) in [5.74, 6) is -0.115. The first kappa shape index (κ1) is 17.0. The van der Waals surface area contributed by atoms with Crippen molar-refractivity contribution in [2.75, 3.05) is 5.75 Å². The van der Waals surface area contributed by atoms with E-state index in [0.29, 0.717) is 23.3 Å².